The van der Waals surface area contributed by atoms with E-state index in [1.807, 2.05) is 42.5 Å². The zero-order valence-corrected chi connectivity index (χ0v) is 26.3. The number of anilines is 3. The number of hydrogen-bond acceptors (Lipinski definition) is 5. The Morgan fingerprint density at radius 3 is 2.10 bits per heavy atom. The number of aromatic nitrogens is 3. The molecule has 0 saturated heterocycles. The van der Waals surface area contributed by atoms with Crippen LogP contribution in [-0.2, 0) is 0 Å². The minimum atomic E-state index is 0.0792. The molecule has 2 aliphatic rings. The van der Waals surface area contributed by atoms with Gasteiger partial charge in [0.1, 0.15) is 17.0 Å². The third-order valence-electron chi connectivity index (χ3n) is 9.32. The maximum absolute atomic E-state index is 6.59. The third-order valence-corrected chi connectivity index (χ3v) is 9.32. The summed E-state index contributed by atoms with van der Waals surface area (Å²) in [6.07, 6.45) is 12.1. The summed E-state index contributed by atoms with van der Waals surface area (Å²) in [5, 5.41) is 2.02. The van der Waals surface area contributed by atoms with E-state index in [9.17, 15) is 0 Å². The predicted molar refractivity (Wildman–Crippen MR) is 195 cm³/mol. The number of rotatable bonds is 6. The standard InChI is InChI=1S/C43H32N4O/c1-4-15-30(16-5-1)41-44-42(35-23-12-17-29-14-10-11-22-34(29)35)46-43(45-41)37-24-13-25-38-40(37)36-27-26-33(28-39(36)48-38)47(31-18-6-2-7-19-31)32-20-8-3-9-21-32/h1-9,11-13,15-22,24-28,35H,10,14,23H2. The van der Waals surface area contributed by atoms with Crippen LogP contribution < -0.4 is 4.90 Å². The Morgan fingerprint density at radius 1 is 0.604 bits per heavy atom. The number of fused-ring (bicyclic) bond motifs is 3. The summed E-state index contributed by atoms with van der Waals surface area (Å²) in [5.74, 6) is 2.22. The Balaban J connectivity index is 1.21. The minimum Gasteiger partial charge on any atom is -0.456 e. The summed E-state index contributed by atoms with van der Waals surface area (Å²) < 4.78 is 6.59. The molecular weight excluding hydrogens is 589 g/mol. The van der Waals surface area contributed by atoms with E-state index in [1.165, 1.54) is 11.1 Å². The average Bonchev–Trinajstić information content (AvgIpc) is 3.54. The SMILES string of the molecule is C1=CC2=C(C=CCC2c2nc(-c3ccccc3)nc(-c3cccc4oc5cc(N(c6ccccc6)c6ccccc6)ccc5c34)n2)CC1. The summed E-state index contributed by atoms with van der Waals surface area (Å²) in [5.41, 5.74) is 9.39. The summed E-state index contributed by atoms with van der Waals surface area (Å²) in [6.45, 7) is 0. The van der Waals surface area contributed by atoms with Crippen LogP contribution in [0.1, 0.15) is 31.0 Å². The van der Waals surface area contributed by atoms with Gasteiger partial charge in [0.05, 0.1) is 0 Å². The van der Waals surface area contributed by atoms with Crippen molar-refractivity contribution in [2.24, 2.45) is 0 Å². The van der Waals surface area contributed by atoms with Gasteiger partial charge in [-0.1, -0.05) is 103 Å². The zero-order valence-electron chi connectivity index (χ0n) is 26.3. The van der Waals surface area contributed by atoms with Gasteiger partial charge in [-0.25, -0.2) is 15.0 Å². The Labute approximate surface area is 279 Å². The van der Waals surface area contributed by atoms with Gasteiger partial charge in [-0.05, 0) is 72.9 Å². The second kappa shape index (κ2) is 11.9. The van der Waals surface area contributed by atoms with Crippen LogP contribution in [0.4, 0.5) is 17.1 Å². The van der Waals surface area contributed by atoms with Crippen molar-refractivity contribution in [1.82, 2.24) is 15.0 Å². The first-order valence-corrected chi connectivity index (χ1v) is 16.5. The molecule has 5 nitrogen and oxygen atoms in total. The third kappa shape index (κ3) is 5.01. The monoisotopic (exact) mass is 620 g/mol. The summed E-state index contributed by atoms with van der Waals surface area (Å²) in [7, 11) is 0. The van der Waals surface area contributed by atoms with E-state index in [0.717, 1.165) is 75.2 Å². The van der Waals surface area contributed by atoms with Crippen LogP contribution in [0.5, 0.6) is 0 Å². The highest BCUT2D eigenvalue weighted by molar-refractivity contribution is 6.12. The minimum absolute atomic E-state index is 0.0792. The van der Waals surface area contributed by atoms with Crippen LogP contribution >= 0.6 is 0 Å². The highest BCUT2D eigenvalue weighted by atomic mass is 16.3. The molecule has 5 heteroatoms. The number of hydrogen-bond donors (Lipinski definition) is 0. The molecule has 0 aliphatic heterocycles. The van der Waals surface area contributed by atoms with Gasteiger partial charge in [0, 0.05) is 50.9 Å². The molecule has 5 aromatic carbocycles. The second-order valence-electron chi connectivity index (χ2n) is 12.3. The van der Waals surface area contributed by atoms with E-state index in [4.69, 9.17) is 19.4 Å². The lowest BCUT2D eigenvalue weighted by Crippen LogP contribution is -2.14. The van der Waals surface area contributed by atoms with Gasteiger partial charge in [0.2, 0.25) is 0 Å². The molecule has 0 amide bonds. The van der Waals surface area contributed by atoms with Crippen LogP contribution in [-0.4, -0.2) is 15.0 Å². The summed E-state index contributed by atoms with van der Waals surface area (Å²) >= 11 is 0. The first-order valence-electron chi connectivity index (χ1n) is 16.5. The van der Waals surface area contributed by atoms with Crippen molar-refractivity contribution in [3.8, 4) is 22.8 Å². The molecule has 0 radical (unpaired) electrons. The van der Waals surface area contributed by atoms with Crippen molar-refractivity contribution in [3.05, 3.63) is 169 Å². The van der Waals surface area contributed by atoms with Crippen molar-refractivity contribution in [2.75, 3.05) is 4.90 Å². The van der Waals surface area contributed by atoms with Crippen LogP contribution in [0.3, 0.4) is 0 Å². The smallest absolute Gasteiger partial charge is 0.164 e. The van der Waals surface area contributed by atoms with E-state index < -0.39 is 0 Å². The van der Waals surface area contributed by atoms with Crippen LogP contribution in [0.25, 0.3) is 44.7 Å². The van der Waals surface area contributed by atoms with Gasteiger partial charge in [-0.2, -0.15) is 0 Å². The van der Waals surface area contributed by atoms with Gasteiger partial charge < -0.3 is 9.32 Å². The number of furan rings is 1. The fourth-order valence-electron chi connectivity index (χ4n) is 7.06. The number of allylic oxidation sites excluding steroid dienone is 6. The van der Waals surface area contributed by atoms with Crippen LogP contribution in [0.2, 0.25) is 0 Å². The maximum Gasteiger partial charge on any atom is 0.164 e. The zero-order chi connectivity index (χ0) is 31.9. The Hall–Kier alpha value is -6.07. The van der Waals surface area contributed by atoms with Gasteiger partial charge in [0.15, 0.2) is 11.6 Å². The Kier molecular flexibility index (Phi) is 7.01. The highest BCUT2D eigenvalue weighted by Gasteiger charge is 2.26. The van der Waals surface area contributed by atoms with Crippen LogP contribution in [0, 0.1) is 0 Å². The van der Waals surface area contributed by atoms with Crippen molar-refractivity contribution in [1.29, 1.82) is 0 Å². The molecule has 0 saturated carbocycles. The fraction of sp³-hybridized carbons (Fsp3) is 0.0930. The Morgan fingerprint density at radius 2 is 1.33 bits per heavy atom. The molecule has 1 atom stereocenters. The number of para-hydroxylation sites is 2. The first kappa shape index (κ1) is 28.2. The van der Waals surface area contributed by atoms with E-state index in [-0.39, 0.29) is 5.92 Å². The molecule has 0 bridgehead atoms. The molecule has 230 valence electrons. The normalized spacial score (nSPS) is 15.6. The van der Waals surface area contributed by atoms with Crippen LogP contribution in [0.15, 0.2) is 167 Å². The van der Waals surface area contributed by atoms with Gasteiger partial charge >= 0.3 is 0 Å². The quantitative estimate of drug-likeness (QED) is 0.185. The lowest BCUT2D eigenvalue weighted by atomic mass is 9.82. The fourth-order valence-corrected chi connectivity index (χ4v) is 7.06. The molecule has 1 unspecified atom stereocenters. The summed E-state index contributed by atoms with van der Waals surface area (Å²) in [6, 6.07) is 43.7. The average molecular weight is 621 g/mol. The molecule has 0 N–H and O–H groups in total. The number of benzene rings is 5. The molecule has 2 heterocycles. The largest absolute Gasteiger partial charge is 0.456 e. The van der Waals surface area contributed by atoms with Crippen molar-refractivity contribution >= 4 is 39.0 Å². The topological polar surface area (TPSA) is 55.1 Å². The van der Waals surface area contributed by atoms with Crippen molar-refractivity contribution < 1.29 is 4.42 Å². The van der Waals surface area contributed by atoms with Gasteiger partial charge in [0.25, 0.3) is 0 Å². The van der Waals surface area contributed by atoms with Crippen molar-refractivity contribution in [2.45, 2.75) is 25.2 Å². The van der Waals surface area contributed by atoms with Crippen molar-refractivity contribution in [3.63, 3.8) is 0 Å². The molecule has 2 aromatic heterocycles. The van der Waals surface area contributed by atoms with E-state index in [0.29, 0.717) is 11.6 Å². The molecule has 48 heavy (non-hydrogen) atoms. The summed E-state index contributed by atoms with van der Waals surface area (Å²) in [4.78, 5) is 17.7. The molecule has 7 aromatic rings. The highest BCUT2D eigenvalue weighted by Crippen LogP contribution is 2.42. The van der Waals surface area contributed by atoms with Gasteiger partial charge in [-0.3, -0.25) is 0 Å². The number of nitrogens with zero attached hydrogens (tertiary/aromatic N) is 4. The first-order chi connectivity index (χ1) is 23.8. The molecule has 0 spiro atoms. The lowest BCUT2D eigenvalue weighted by Gasteiger charge is -2.25. The molecule has 9 rings (SSSR count). The Bertz CT molecular complexity index is 2330. The van der Waals surface area contributed by atoms with E-state index in [2.05, 4.69) is 114 Å². The predicted octanol–water partition coefficient (Wildman–Crippen LogP) is 11.3. The molecule has 0 fully saturated rings. The van der Waals surface area contributed by atoms with E-state index >= 15 is 0 Å². The van der Waals surface area contributed by atoms with Gasteiger partial charge in [-0.15, -0.1) is 0 Å². The molecule has 2 aliphatic carbocycles. The molecular formula is C43H32N4O. The maximum atomic E-state index is 6.59. The lowest BCUT2D eigenvalue weighted by molar-refractivity contribution is 0.669. The second-order valence-corrected chi connectivity index (χ2v) is 12.3. The van der Waals surface area contributed by atoms with E-state index in [1.54, 1.807) is 0 Å².